The van der Waals surface area contributed by atoms with Crippen molar-refractivity contribution >= 4 is 17.3 Å². The Kier molecular flexibility index (Phi) is 6.59. The lowest BCUT2D eigenvalue weighted by Gasteiger charge is -2.07. The molecule has 0 aliphatic carbocycles. The van der Waals surface area contributed by atoms with Crippen molar-refractivity contribution in [1.29, 1.82) is 0 Å². The molecular weight excluding hydrogens is 248 g/mol. The Labute approximate surface area is 112 Å². The first-order valence-corrected chi connectivity index (χ1v) is 6.36. The zero-order chi connectivity index (χ0) is 14.1. The SMILES string of the molecule is CNc1cc([N+](=O)[O-])cc(NCCCCCCO)n1. The molecule has 0 fully saturated rings. The normalized spacial score (nSPS) is 10.2. The Balaban J connectivity index is 2.48. The summed E-state index contributed by atoms with van der Waals surface area (Å²) in [5.41, 5.74) is 0.0159. The van der Waals surface area contributed by atoms with E-state index in [0.717, 1.165) is 25.7 Å². The average Bonchev–Trinajstić information content (AvgIpc) is 2.42. The van der Waals surface area contributed by atoms with Crippen LogP contribution in [-0.4, -0.2) is 35.2 Å². The molecule has 0 bridgehead atoms. The van der Waals surface area contributed by atoms with Crippen LogP contribution in [0.4, 0.5) is 17.3 Å². The second-order valence-corrected chi connectivity index (χ2v) is 4.17. The molecule has 0 aliphatic heterocycles. The Morgan fingerprint density at radius 3 is 2.58 bits per heavy atom. The number of aromatic nitrogens is 1. The molecule has 7 heteroatoms. The molecule has 0 atom stereocenters. The molecule has 0 saturated carbocycles. The predicted octanol–water partition coefficient (Wildman–Crippen LogP) is 2.00. The monoisotopic (exact) mass is 268 g/mol. The van der Waals surface area contributed by atoms with E-state index in [1.54, 1.807) is 7.05 Å². The van der Waals surface area contributed by atoms with E-state index in [4.69, 9.17) is 5.11 Å². The van der Waals surface area contributed by atoms with Gasteiger partial charge in [-0.3, -0.25) is 10.1 Å². The first-order valence-electron chi connectivity index (χ1n) is 6.36. The highest BCUT2D eigenvalue weighted by Gasteiger charge is 2.10. The van der Waals surface area contributed by atoms with Crippen LogP contribution in [0.25, 0.3) is 0 Å². The van der Waals surface area contributed by atoms with Gasteiger partial charge in [-0.2, -0.15) is 0 Å². The molecule has 0 amide bonds. The van der Waals surface area contributed by atoms with Gasteiger partial charge in [0.2, 0.25) is 0 Å². The third-order valence-electron chi connectivity index (χ3n) is 2.67. The van der Waals surface area contributed by atoms with E-state index >= 15 is 0 Å². The summed E-state index contributed by atoms with van der Waals surface area (Å²) in [6.07, 6.45) is 3.77. The Bertz CT molecular complexity index is 412. The van der Waals surface area contributed by atoms with Crippen LogP contribution >= 0.6 is 0 Å². The number of nitro groups is 1. The number of hydrogen-bond acceptors (Lipinski definition) is 6. The molecule has 0 saturated heterocycles. The maximum atomic E-state index is 10.8. The van der Waals surface area contributed by atoms with E-state index < -0.39 is 4.92 Å². The molecule has 0 spiro atoms. The average molecular weight is 268 g/mol. The Morgan fingerprint density at radius 1 is 1.26 bits per heavy atom. The lowest BCUT2D eigenvalue weighted by atomic mass is 10.2. The Hall–Kier alpha value is -1.89. The summed E-state index contributed by atoms with van der Waals surface area (Å²) in [6, 6.07) is 2.82. The molecule has 1 aromatic heterocycles. The number of aliphatic hydroxyl groups is 1. The third kappa shape index (κ3) is 5.52. The molecule has 0 aromatic carbocycles. The van der Waals surface area contributed by atoms with E-state index in [2.05, 4.69) is 15.6 Å². The minimum absolute atomic E-state index is 0.0159. The number of aliphatic hydroxyl groups excluding tert-OH is 1. The fourth-order valence-corrected chi connectivity index (χ4v) is 1.65. The minimum atomic E-state index is -0.436. The predicted molar refractivity (Wildman–Crippen MR) is 74.5 cm³/mol. The van der Waals surface area contributed by atoms with Crippen molar-refractivity contribution < 1.29 is 10.0 Å². The van der Waals surface area contributed by atoms with Gasteiger partial charge < -0.3 is 15.7 Å². The van der Waals surface area contributed by atoms with Gasteiger partial charge in [0.15, 0.2) is 0 Å². The minimum Gasteiger partial charge on any atom is -0.396 e. The van der Waals surface area contributed by atoms with Gasteiger partial charge in [-0.1, -0.05) is 12.8 Å². The maximum absolute atomic E-state index is 10.8. The van der Waals surface area contributed by atoms with Crippen LogP contribution in [0.1, 0.15) is 25.7 Å². The number of nitrogens with zero attached hydrogens (tertiary/aromatic N) is 2. The Morgan fingerprint density at radius 2 is 1.95 bits per heavy atom. The highest BCUT2D eigenvalue weighted by Crippen LogP contribution is 2.20. The third-order valence-corrected chi connectivity index (χ3v) is 2.67. The van der Waals surface area contributed by atoms with Gasteiger partial charge in [0, 0.05) is 20.2 Å². The second-order valence-electron chi connectivity index (χ2n) is 4.17. The first-order chi connectivity index (χ1) is 9.17. The molecule has 1 rings (SSSR count). The highest BCUT2D eigenvalue weighted by atomic mass is 16.6. The summed E-state index contributed by atoms with van der Waals surface area (Å²) in [5, 5.41) is 25.3. The van der Waals surface area contributed by atoms with Crippen LogP contribution in [0.2, 0.25) is 0 Å². The summed E-state index contributed by atoms with van der Waals surface area (Å²) in [6.45, 7) is 0.939. The van der Waals surface area contributed by atoms with Gasteiger partial charge in [-0.15, -0.1) is 0 Å². The van der Waals surface area contributed by atoms with Crippen LogP contribution < -0.4 is 10.6 Å². The van der Waals surface area contributed by atoms with E-state index in [9.17, 15) is 10.1 Å². The van der Waals surface area contributed by atoms with Crippen molar-refractivity contribution in [3.8, 4) is 0 Å². The molecule has 106 valence electrons. The van der Waals surface area contributed by atoms with Crippen LogP contribution in [0.15, 0.2) is 12.1 Å². The van der Waals surface area contributed by atoms with E-state index in [1.807, 2.05) is 0 Å². The topological polar surface area (TPSA) is 100 Å². The van der Waals surface area contributed by atoms with Crippen molar-refractivity contribution in [3.05, 3.63) is 22.2 Å². The van der Waals surface area contributed by atoms with Crippen LogP contribution in [0, 0.1) is 10.1 Å². The van der Waals surface area contributed by atoms with Crippen molar-refractivity contribution in [2.45, 2.75) is 25.7 Å². The van der Waals surface area contributed by atoms with Crippen molar-refractivity contribution in [2.75, 3.05) is 30.8 Å². The molecule has 0 unspecified atom stereocenters. The molecule has 1 aromatic rings. The molecule has 0 aliphatic rings. The molecule has 0 radical (unpaired) electrons. The fourth-order valence-electron chi connectivity index (χ4n) is 1.65. The first kappa shape index (κ1) is 15.2. The number of rotatable bonds is 9. The van der Waals surface area contributed by atoms with Gasteiger partial charge >= 0.3 is 0 Å². The van der Waals surface area contributed by atoms with Crippen LogP contribution in [-0.2, 0) is 0 Å². The summed E-state index contributed by atoms with van der Waals surface area (Å²) in [7, 11) is 1.67. The highest BCUT2D eigenvalue weighted by molar-refractivity contribution is 5.54. The van der Waals surface area contributed by atoms with E-state index in [-0.39, 0.29) is 12.3 Å². The lowest BCUT2D eigenvalue weighted by Crippen LogP contribution is -2.05. The fraction of sp³-hybridized carbons (Fsp3) is 0.583. The smallest absolute Gasteiger partial charge is 0.276 e. The van der Waals surface area contributed by atoms with Crippen molar-refractivity contribution in [1.82, 2.24) is 4.98 Å². The summed E-state index contributed by atoms with van der Waals surface area (Å²) >= 11 is 0. The quantitative estimate of drug-likeness (QED) is 0.360. The second kappa shape index (κ2) is 8.25. The summed E-state index contributed by atoms with van der Waals surface area (Å²) in [4.78, 5) is 14.5. The number of unbranched alkanes of at least 4 members (excludes halogenated alkanes) is 3. The summed E-state index contributed by atoms with van der Waals surface area (Å²) < 4.78 is 0. The zero-order valence-corrected chi connectivity index (χ0v) is 11.1. The summed E-state index contributed by atoms with van der Waals surface area (Å²) in [5.74, 6) is 0.970. The van der Waals surface area contributed by atoms with Gasteiger partial charge in [-0.05, 0) is 12.8 Å². The molecular formula is C12H20N4O3. The largest absolute Gasteiger partial charge is 0.396 e. The van der Waals surface area contributed by atoms with Crippen molar-refractivity contribution in [3.63, 3.8) is 0 Å². The van der Waals surface area contributed by atoms with Crippen molar-refractivity contribution in [2.24, 2.45) is 0 Å². The molecule has 7 nitrogen and oxygen atoms in total. The van der Waals surface area contributed by atoms with E-state index in [1.165, 1.54) is 12.1 Å². The number of nitrogens with one attached hydrogen (secondary N) is 2. The lowest BCUT2D eigenvalue weighted by molar-refractivity contribution is -0.384. The van der Waals surface area contributed by atoms with E-state index in [0.29, 0.717) is 18.2 Å². The van der Waals surface area contributed by atoms with Gasteiger partial charge in [0.25, 0.3) is 5.69 Å². The standard InChI is InChI=1S/C12H20N4O3/c1-13-11-8-10(16(18)19)9-12(15-11)14-6-4-2-3-5-7-17/h8-9,17H,2-7H2,1H3,(H2,13,14,15). The van der Waals surface area contributed by atoms with Crippen LogP contribution in [0.5, 0.6) is 0 Å². The number of hydrogen-bond donors (Lipinski definition) is 3. The van der Waals surface area contributed by atoms with Gasteiger partial charge in [0.05, 0.1) is 17.1 Å². The van der Waals surface area contributed by atoms with Gasteiger partial charge in [0.1, 0.15) is 11.6 Å². The zero-order valence-electron chi connectivity index (χ0n) is 11.1. The molecule has 3 N–H and O–H groups in total. The number of pyridine rings is 1. The molecule has 19 heavy (non-hydrogen) atoms. The molecule has 1 heterocycles. The van der Waals surface area contributed by atoms with Crippen LogP contribution in [0.3, 0.4) is 0 Å². The van der Waals surface area contributed by atoms with Gasteiger partial charge in [-0.25, -0.2) is 4.98 Å². The maximum Gasteiger partial charge on any atom is 0.276 e. The number of anilines is 2.